The molecule has 1 N–H and O–H groups in total. The molecule has 120 valence electrons. The van der Waals surface area contributed by atoms with Crippen LogP contribution in [0.25, 0.3) is 0 Å². The van der Waals surface area contributed by atoms with Crippen LogP contribution < -0.4 is 0 Å². The molecule has 0 radical (unpaired) electrons. The average Bonchev–Trinajstić information content (AvgIpc) is 3.14. The van der Waals surface area contributed by atoms with Gasteiger partial charge in [0.15, 0.2) is 0 Å². The number of carboxylic acid groups (broad SMARTS) is 1. The highest BCUT2D eigenvalue weighted by atomic mass is 32.2. The summed E-state index contributed by atoms with van der Waals surface area (Å²) in [7, 11) is 0. The fourth-order valence-corrected chi connectivity index (χ4v) is 4.31. The van der Waals surface area contributed by atoms with E-state index >= 15 is 0 Å². The molecular weight excluding hydrogens is 340 g/mol. The molecule has 1 aromatic carbocycles. The number of allylic oxidation sites excluding steroid dienone is 1. The van der Waals surface area contributed by atoms with Crippen LogP contribution in [0, 0.1) is 11.3 Å². The minimum absolute atomic E-state index is 0.233. The van der Waals surface area contributed by atoms with Gasteiger partial charge in [0.05, 0.1) is 16.5 Å². The summed E-state index contributed by atoms with van der Waals surface area (Å²) < 4.78 is 0. The van der Waals surface area contributed by atoms with Crippen molar-refractivity contribution in [3.63, 3.8) is 0 Å². The van der Waals surface area contributed by atoms with E-state index in [1.54, 1.807) is 30.0 Å². The molecular formula is C18H14N2O2S2. The minimum Gasteiger partial charge on any atom is -0.480 e. The number of hydrogen-bond acceptors (Lipinski definition) is 5. The van der Waals surface area contributed by atoms with Gasteiger partial charge in [-0.25, -0.2) is 4.98 Å². The smallest absolute Gasteiger partial charge is 0.321 e. The summed E-state index contributed by atoms with van der Waals surface area (Å²) in [5.74, 6) is -0.945. The number of aromatic nitrogens is 1. The Morgan fingerprint density at radius 1 is 1.33 bits per heavy atom. The highest BCUT2D eigenvalue weighted by Gasteiger charge is 2.24. The van der Waals surface area contributed by atoms with Crippen LogP contribution in [-0.2, 0) is 4.79 Å². The number of hydrogen-bond donors (Lipinski definition) is 1. The molecule has 0 saturated heterocycles. The van der Waals surface area contributed by atoms with E-state index in [-0.39, 0.29) is 5.25 Å². The lowest BCUT2D eigenvalue weighted by Crippen LogP contribution is -2.09. The van der Waals surface area contributed by atoms with Crippen molar-refractivity contribution in [2.45, 2.75) is 21.9 Å². The third-order valence-electron chi connectivity index (χ3n) is 3.58. The number of nitrogens with zero attached hydrogens (tertiary/aromatic N) is 2. The number of carboxylic acids is 1. The van der Waals surface area contributed by atoms with Gasteiger partial charge in [0, 0.05) is 0 Å². The minimum atomic E-state index is -0.945. The highest BCUT2D eigenvalue weighted by Crippen LogP contribution is 2.40. The van der Waals surface area contributed by atoms with Crippen molar-refractivity contribution in [2.75, 3.05) is 0 Å². The second-order valence-electron chi connectivity index (χ2n) is 5.18. The molecule has 2 heterocycles. The number of rotatable bonds is 5. The van der Waals surface area contributed by atoms with E-state index in [1.807, 2.05) is 29.7 Å². The first-order chi connectivity index (χ1) is 11.7. The number of nitriles is 1. The molecule has 0 amide bonds. The second-order valence-corrected chi connectivity index (χ2v) is 7.39. The maximum Gasteiger partial charge on any atom is 0.321 e. The lowest BCUT2D eigenvalue weighted by atomic mass is 10.1. The zero-order valence-corrected chi connectivity index (χ0v) is 14.3. The fraction of sp³-hybridized carbons (Fsp3) is 0.167. The monoisotopic (exact) mass is 354 g/mol. The van der Waals surface area contributed by atoms with Crippen molar-refractivity contribution in [3.05, 3.63) is 70.8 Å². The first-order valence-electron chi connectivity index (χ1n) is 7.35. The Bertz CT molecular complexity index is 808. The van der Waals surface area contributed by atoms with Crippen LogP contribution >= 0.6 is 23.5 Å². The third kappa shape index (κ3) is 3.64. The van der Waals surface area contributed by atoms with Crippen LogP contribution in [-0.4, -0.2) is 16.1 Å². The molecule has 0 saturated carbocycles. The number of carbonyl (C=O) groups is 1. The van der Waals surface area contributed by atoms with E-state index in [0.717, 1.165) is 23.9 Å². The van der Waals surface area contributed by atoms with Crippen LogP contribution in [0.5, 0.6) is 0 Å². The van der Waals surface area contributed by atoms with Gasteiger partial charge >= 0.3 is 5.97 Å². The summed E-state index contributed by atoms with van der Waals surface area (Å²) in [6.45, 7) is 0. The molecule has 24 heavy (non-hydrogen) atoms. The van der Waals surface area contributed by atoms with Gasteiger partial charge in [-0.1, -0.05) is 48.2 Å². The van der Waals surface area contributed by atoms with Gasteiger partial charge in [-0.2, -0.15) is 5.26 Å². The molecule has 2 unspecified atom stereocenters. The Hall–Kier alpha value is -2.23. The lowest BCUT2D eigenvalue weighted by Gasteiger charge is -2.15. The molecule has 1 aromatic heterocycles. The first kappa shape index (κ1) is 16.6. The summed E-state index contributed by atoms with van der Waals surface area (Å²) in [4.78, 5) is 16.3. The van der Waals surface area contributed by atoms with Crippen LogP contribution in [0.1, 0.15) is 33.7 Å². The summed E-state index contributed by atoms with van der Waals surface area (Å²) in [6, 6.07) is 14.7. The maximum atomic E-state index is 11.7. The predicted molar refractivity (Wildman–Crippen MR) is 95.7 cm³/mol. The molecule has 1 aliphatic rings. The van der Waals surface area contributed by atoms with Gasteiger partial charge in [-0.05, 0) is 29.5 Å². The Balaban J connectivity index is 1.93. The Kier molecular flexibility index (Phi) is 5.24. The van der Waals surface area contributed by atoms with E-state index in [2.05, 4.69) is 17.1 Å². The topological polar surface area (TPSA) is 74.0 Å². The first-order valence-corrected chi connectivity index (χ1v) is 9.17. The fourth-order valence-electron chi connectivity index (χ4n) is 2.39. The molecule has 0 spiro atoms. The van der Waals surface area contributed by atoms with Crippen LogP contribution in [0.15, 0.2) is 59.0 Å². The SMILES string of the molecule is N#Cc1ccc(C2CC=CS2)nc1SC(C(=O)O)c1ccccc1. The van der Waals surface area contributed by atoms with Gasteiger partial charge in [-0.3, -0.25) is 4.79 Å². The summed E-state index contributed by atoms with van der Waals surface area (Å²) >= 11 is 2.80. The molecule has 2 aromatic rings. The largest absolute Gasteiger partial charge is 0.480 e. The Labute approximate surface area is 148 Å². The second kappa shape index (κ2) is 7.56. The van der Waals surface area contributed by atoms with Crippen LogP contribution in [0.2, 0.25) is 0 Å². The predicted octanol–water partition coefficient (Wildman–Crippen LogP) is 4.56. The summed E-state index contributed by atoms with van der Waals surface area (Å²) in [6.07, 6.45) is 2.99. The van der Waals surface area contributed by atoms with E-state index < -0.39 is 11.2 Å². The number of thioether (sulfide) groups is 2. The number of benzene rings is 1. The standard InChI is InChI=1S/C18H14N2O2S2/c19-11-13-8-9-14(15-7-4-10-23-15)20-17(13)24-16(18(21)22)12-5-2-1-3-6-12/h1-6,8-10,15-16H,7H2,(H,21,22). The van der Waals surface area contributed by atoms with Crippen molar-refractivity contribution in [1.82, 2.24) is 4.98 Å². The van der Waals surface area contributed by atoms with Crippen molar-refractivity contribution in [3.8, 4) is 6.07 Å². The third-order valence-corrected chi connectivity index (χ3v) is 5.93. The van der Waals surface area contributed by atoms with Crippen molar-refractivity contribution in [2.24, 2.45) is 0 Å². The lowest BCUT2D eigenvalue weighted by molar-refractivity contribution is -0.136. The Morgan fingerprint density at radius 3 is 2.75 bits per heavy atom. The zero-order chi connectivity index (χ0) is 16.9. The van der Waals surface area contributed by atoms with Gasteiger partial charge in [-0.15, -0.1) is 11.8 Å². The molecule has 0 bridgehead atoms. The summed E-state index contributed by atoms with van der Waals surface area (Å²) in [5, 5.41) is 20.9. The van der Waals surface area contributed by atoms with Crippen molar-refractivity contribution >= 4 is 29.5 Å². The quantitative estimate of drug-likeness (QED) is 0.793. The molecule has 2 atom stereocenters. The number of aliphatic carboxylic acids is 1. The van der Waals surface area contributed by atoms with Gasteiger partial charge in [0.2, 0.25) is 0 Å². The Morgan fingerprint density at radius 2 is 2.12 bits per heavy atom. The van der Waals surface area contributed by atoms with Crippen LogP contribution in [0.3, 0.4) is 0 Å². The van der Waals surface area contributed by atoms with Gasteiger partial charge in [0.25, 0.3) is 0 Å². The molecule has 3 rings (SSSR count). The molecule has 0 aliphatic carbocycles. The van der Waals surface area contributed by atoms with Crippen molar-refractivity contribution < 1.29 is 9.90 Å². The normalized spacial score (nSPS) is 17.4. The molecule has 1 aliphatic heterocycles. The number of pyridine rings is 1. The summed E-state index contributed by atoms with van der Waals surface area (Å²) in [5.41, 5.74) is 1.97. The van der Waals surface area contributed by atoms with Gasteiger partial charge < -0.3 is 5.11 Å². The molecule has 0 fully saturated rings. The van der Waals surface area contributed by atoms with Crippen LogP contribution in [0.4, 0.5) is 0 Å². The maximum absolute atomic E-state index is 11.7. The van der Waals surface area contributed by atoms with E-state index in [9.17, 15) is 15.2 Å². The van der Waals surface area contributed by atoms with Crippen molar-refractivity contribution in [1.29, 1.82) is 5.26 Å². The van der Waals surface area contributed by atoms with E-state index in [4.69, 9.17) is 0 Å². The zero-order valence-electron chi connectivity index (χ0n) is 12.6. The molecule has 6 heteroatoms. The van der Waals surface area contributed by atoms with Gasteiger partial charge in [0.1, 0.15) is 16.3 Å². The average molecular weight is 354 g/mol. The molecule has 4 nitrogen and oxygen atoms in total. The highest BCUT2D eigenvalue weighted by molar-refractivity contribution is 8.02. The van der Waals surface area contributed by atoms with E-state index in [0.29, 0.717) is 16.2 Å². The van der Waals surface area contributed by atoms with E-state index in [1.165, 1.54) is 0 Å².